The molecule has 0 aromatic heterocycles. The lowest BCUT2D eigenvalue weighted by Gasteiger charge is -2.30. The zero-order chi connectivity index (χ0) is 11.1. The van der Waals surface area contributed by atoms with Crippen molar-refractivity contribution in [1.82, 2.24) is 10.2 Å². The largest absolute Gasteiger partial charge is 0.392 e. The summed E-state index contributed by atoms with van der Waals surface area (Å²) in [5.74, 6) is 0. The van der Waals surface area contributed by atoms with Crippen LogP contribution in [0.15, 0.2) is 0 Å². The first-order chi connectivity index (χ1) is 6.45. The van der Waals surface area contributed by atoms with Crippen molar-refractivity contribution in [3.8, 4) is 0 Å². The molecule has 14 heavy (non-hydrogen) atoms. The van der Waals surface area contributed by atoms with Crippen LogP contribution < -0.4 is 5.32 Å². The lowest BCUT2D eigenvalue weighted by Crippen LogP contribution is -2.42. The van der Waals surface area contributed by atoms with Crippen LogP contribution >= 0.6 is 0 Å². The molecule has 0 fully saturated rings. The maximum atomic E-state index is 9.06. The predicted molar refractivity (Wildman–Crippen MR) is 61.5 cm³/mol. The monoisotopic (exact) mass is 202 g/mol. The van der Waals surface area contributed by atoms with E-state index in [9.17, 15) is 0 Å². The van der Waals surface area contributed by atoms with E-state index in [2.05, 4.69) is 37.9 Å². The second-order valence-corrected chi connectivity index (χ2v) is 4.48. The predicted octanol–water partition coefficient (Wildman–Crippen LogP) is 1.08. The second kappa shape index (κ2) is 7.21. The summed E-state index contributed by atoms with van der Waals surface area (Å²) >= 11 is 0. The summed E-state index contributed by atoms with van der Waals surface area (Å²) in [6.07, 6.45) is -0.249. The van der Waals surface area contributed by atoms with Gasteiger partial charge in [-0.25, -0.2) is 0 Å². The first kappa shape index (κ1) is 13.9. The fourth-order valence-electron chi connectivity index (χ4n) is 1.63. The van der Waals surface area contributed by atoms with Crippen LogP contribution in [0.1, 0.15) is 34.6 Å². The molecular formula is C11H26N2O. The van der Waals surface area contributed by atoms with E-state index < -0.39 is 0 Å². The number of nitrogens with one attached hydrogen (secondary N) is 1. The average Bonchev–Trinajstić information content (AvgIpc) is 2.01. The molecule has 0 rings (SSSR count). The van der Waals surface area contributed by atoms with Crippen LogP contribution in [0, 0.1) is 0 Å². The molecule has 0 aliphatic rings. The zero-order valence-electron chi connectivity index (χ0n) is 10.2. The van der Waals surface area contributed by atoms with Gasteiger partial charge >= 0.3 is 0 Å². The highest BCUT2D eigenvalue weighted by Gasteiger charge is 2.11. The molecule has 0 saturated carbocycles. The van der Waals surface area contributed by atoms with Crippen molar-refractivity contribution < 1.29 is 5.11 Å². The van der Waals surface area contributed by atoms with Gasteiger partial charge in [-0.1, -0.05) is 0 Å². The van der Waals surface area contributed by atoms with Gasteiger partial charge in [0.25, 0.3) is 0 Å². The first-order valence-corrected chi connectivity index (χ1v) is 5.59. The van der Waals surface area contributed by atoms with Crippen LogP contribution in [-0.2, 0) is 0 Å². The Hall–Kier alpha value is -0.120. The van der Waals surface area contributed by atoms with Crippen molar-refractivity contribution in [3.05, 3.63) is 0 Å². The van der Waals surface area contributed by atoms with Crippen molar-refractivity contribution in [3.63, 3.8) is 0 Å². The van der Waals surface area contributed by atoms with Gasteiger partial charge in [-0.15, -0.1) is 0 Å². The van der Waals surface area contributed by atoms with Gasteiger partial charge in [-0.2, -0.15) is 0 Å². The molecule has 0 radical (unpaired) electrons. The number of nitrogens with zero attached hydrogens (tertiary/aromatic N) is 1. The van der Waals surface area contributed by atoms with Crippen LogP contribution in [0.25, 0.3) is 0 Å². The van der Waals surface area contributed by atoms with Gasteiger partial charge in [0.05, 0.1) is 6.10 Å². The van der Waals surface area contributed by atoms with Gasteiger partial charge < -0.3 is 10.4 Å². The van der Waals surface area contributed by atoms with E-state index in [0.29, 0.717) is 18.6 Å². The molecule has 3 nitrogen and oxygen atoms in total. The highest BCUT2D eigenvalue weighted by Crippen LogP contribution is 2.02. The van der Waals surface area contributed by atoms with Gasteiger partial charge in [-0.05, 0) is 34.6 Å². The molecule has 0 aliphatic heterocycles. The molecule has 0 amide bonds. The molecule has 0 aromatic carbocycles. The third-order valence-electron chi connectivity index (χ3n) is 2.31. The Morgan fingerprint density at radius 1 is 1.07 bits per heavy atom. The third kappa shape index (κ3) is 6.35. The highest BCUT2D eigenvalue weighted by atomic mass is 16.3. The topological polar surface area (TPSA) is 35.5 Å². The lowest BCUT2D eigenvalue weighted by molar-refractivity contribution is 0.164. The first-order valence-electron chi connectivity index (χ1n) is 5.59. The smallest absolute Gasteiger partial charge is 0.0636 e. The molecule has 1 atom stereocenters. The van der Waals surface area contributed by atoms with Gasteiger partial charge in [0.15, 0.2) is 0 Å². The third-order valence-corrected chi connectivity index (χ3v) is 2.31. The van der Waals surface area contributed by atoms with E-state index in [1.165, 1.54) is 0 Å². The molecule has 0 unspecified atom stereocenters. The van der Waals surface area contributed by atoms with Crippen LogP contribution in [0.5, 0.6) is 0 Å². The molecule has 0 saturated heterocycles. The van der Waals surface area contributed by atoms with Crippen molar-refractivity contribution in [2.45, 2.75) is 52.8 Å². The van der Waals surface area contributed by atoms with Gasteiger partial charge in [0.2, 0.25) is 0 Å². The van der Waals surface area contributed by atoms with Crippen molar-refractivity contribution in [1.29, 1.82) is 0 Å². The van der Waals surface area contributed by atoms with Crippen molar-refractivity contribution >= 4 is 0 Å². The molecular weight excluding hydrogens is 176 g/mol. The summed E-state index contributed by atoms with van der Waals surface area (Å²) in [5.41, 5.74) is 0. The summed E-state index contributed by atoms with van der Waals surface area (Å²) in [6, 6.07) is 1.17. The van der Waals surface area contributed by atoms with E-state index in [1.807, 2.05) is 0 Å². The fourth-order valence-corrected chi connectivity index (χ4v) is 1.63. The summed E-state index contributed by atoms with van der Waals surface area (Å²) < 4.78 is 0. The molecule has 86 valence electrons. The minimum Gasteiger partial charge on any atom is -0.392 e. The normalized spacial score (nSPS) is 14.4. The standard InChI is InChI=1S/C11H26N2O/c1-9(2)13(10(3)4)7-6-12-8-11(5)14/h9-12,14H,6-8H2,1-5H3/t11-/m0/s1. The van der Waals surface area contributed by atoms with Gasteiger partial charge in [-0.3, -0.25) is 4.90 Å². The number of aliphatic hydroxyl groups excluding tert-OH is 1. The Bertz CT molecular complexity index is 127. The highest BCUT2D eigenvalue weighted by molar-refractivity contribution is 4.68. The summed E-state index contributed by atoms with van der Waals surface area (Å²) in [5, 5.41) is 12.3. The van der Waals surface area contributed by atoms with E-state index in [4.69, 9.17) is 5.11 Å². The molecule has 0 aliphatic carbocycles. The maximum absolute atomic E-state index is 9.06. The Morgan fingerprint density at radius 3 is 1.93 bits per heavy atom. The van der Waals surface area contributed by atoms with Gasteiger partial charge in [0, 0.05) is 31.7 Å². The van der Waals surface area contributed by atoms with Crippen LogP contribution in [-0.4, -0.2) is 47.8 Å². The summed E-state index contributed by atoms with van der Waals surface area (Å²) in [4.78, 5) is 2.44. The minimum atomic E-state index is -0.249. The molecule has 0 aromatic rings. The Kier molecular flexibility index (Phi) is 7.15. The Morgan fingerprint density at radius 2 is 1.57 bits per heavy atom. The number of hydrogen-bond donors (Lipinski definition) is 2. The number of rotatable bonds is 7. The molecule has 0 spiro atoms. The van der Waals surface area contributed by atoms with Crippen molar-refractivity contribution in [2.24, 2.45) is 0 Å². The minimum absolute atomic E-state index is 0.249. The van der Waals surface area contributed by atoms with E-state index in [1.54, 1.807) is 6.92 Å². The molecule has 0 bridgehead atoms. The SMILES string of the molecule is CC(C)N(CCNC[C@H](C)O)C(C)C. The quantitative estimate of drug-likeness (QED) is 0.606. The molecule has 3 heteroatoms. The van der Waals surface area contributed by atoms with Crippen LogP contribution in [0.4, 0.5) is 0 Å². The Balaban J connectivity index is 3.62. The number of aliphatic hydroxyl groups is 1. The van der Waals surface area contributed by atoms with Crippen LogP contribution in [0.2, 0.25) is 0 Å². The summed E-state index contributed by atoms with van der Waals surface area (Å²) in [6.45, 7) is 13.3. The Labute approximate surface area is 88.5 Å². The molecule has 0 heterocycles. The van der Waals surface area contributed by atoms with Crippen molar-refractivity contribution in [2.75, 3.05) is 19.6 Å². The zero-order valence-corrected chi connectivity index (χ0v) is 10.2. The van der Waals surface area contributed by atoms with Gasteiger partial charge in [0.1, 0.15) is 0 Å². The molecule has 2 N–H and O–H groups in total. The van der Waals surface area contributed by atoms with E-state index in [0.717, 1.165) is 13.1 Å². The maximum Gasteiger partial charge on any atom is 0.0636 e. The summed E-state index contributed by atoms with van der Waals surface area (Å²) in [7, 11) is 0. The van der Waals surface area contributed by atoms with Crippen LogP contribution in [0.3, 0.4) is 0 Å². The average molecular weight is 202 g/mol. The van der Waals surface area contributed by atoms with E-state index in [-0.39, 0.29) is 6.10 Å². The fraction of sp³-hybridized carbons (Fsp3) is 1.00. The number of hydrogen-bond acceptors (Lipinski definition) is 3. The second-order valence-electron chi connectivity index (χ2n) is 4.48. The lowest BCUT2D eigenvalue weighted by atomic mass is 10.2. The van der Waals surface area contributed by atoms with E-state index >= 15 is 0 Å².